The number of amides is 1. The van der Waals surface area contributed by atoms with Crippen LogP contribution < -0.4 is 16.0 Å². The van der Waals surface area contributed by atoms with Crippen LogP contribution in [0.5, 0.6) is 0 Å². The molecule has 0 aliphatic heterocycles. The van der Waals surface area contributed by atoms with E-state index in [1.807, 2.05) is 0 Å². The zero-order valence-corrected chi connectivity index (χ0v) is 19.9. The second kappa shape index (κ2) is 12.6. The third kappa shape index (κ3) is 7.57. The van der Waals surface area contributed by atoms with Crippen molar-refractivity contribution in [2.24, 2.45) is 4.99 Å². The van der Waals surface area contributed by atoms with Gasteiger partial charge in [0.2, 0.25) is 5.91 Å². The van der Waals surface area contributed by atoms with Crippen LogP contribution in [0.4, 0.5) is 0 Å². The van der Waals surface area contributed by atoms with Crippen LogP contribution >= 0.6 is 39.9 Å². The number of nitrogens with zero attached hydrogens (tertiary/aromatic N) is 1. The summed E-state index contributed by atoms with van der Waals surface area (Å²) < 4.78 is 6.02. The molecule has 0 atom stereocenters. The average Bonchev–Trinajstić information content (AvgIpc) is 3.13. The van der Waals surface area contributed by atoms with Gasteiger partial charge in [-0.1, -0.05) is 40.9 Å². The van der Waals surface area contributed by atoms with Crippen LogP contribution in [0.15, 0.2) is 33.7 Å². The standard InChI is InChI=1S/C19H29BrN4O2.HI/c1-21-18(23-13-17(25)22-11-12-26-2)24-14-19(9-3-4-10-19)15-5-7-16(20)8-6-15;/h5-8H,3-4,9-14H2,1-2H3,(H,22,25)(H2,21,23,24);1H. The van der Waals surface area contributed by atoms with Crippen LogP contribution in [0.25, 0.3) is 0 Å². The molecular weight excluding hydrogens is 523 g/mol. The van der Waals surface area contributed by atoms with E-state index in [1.54, 1.807) is 14.2 Å². The summed E-state index contributed by atoms with van der Waals surface area (Å²) in [6, 6.07) is 8.62. The molecule has 1 fully saturated rings. The number of methoxy groups -OCH3 is 1. The summed E-state index contributed by atoms with van der Waals surface area (Å²) in [4.78, 5) is 16.0. The predicted octanol–water partition coefficient (Wildman–Crippen LogP) is 2.81. The summed E-state index contributed by atoms with van der Waals surface area (Å²) in [5, 5.41) is 9.27. The Hall–Kier alpha value is -0.870. The summed E-state index contributed by atoms with van der Waals surface area (Å²) in [6.07, 6.45) is 4.81. The molecule has 1 aromatic rings. The highest BCUT2D eigenvalue weighted by molar-refractivity contribution is 14.0. The van der Waals surface area contributed by atoms with Gasteiger partial charge in [0.1, 0.15) is 0 Å². The molecule has 27 heavy (non-hydrogen) atoms. The van der Waals surface area contributed by atoms with Gasteiger partial charge in [-0.2, -0.15) is 0 Å². The zero-order valence-electron chi connectivity index (χ0n) is 16.0. The van der Waals surface area contributed by atoms with E-state index in [-0.39, 0.29) is 41.8 Å². The number of halogens is 2. The maximum Gasteiger partial charge on any atom is 0.239 e. The van der Waals surface area contributed by atoms with E-state index in [0.29, 0.717) is 19.1 Å². The van der Waals surface area contributed by atoms with E-state index in [0.717, 1.165) is 23.9 Å². The molecule has 3 N–H and O–H groups in total. The molecule has 1 aromatic carbocycles. The Morgan fingerprint density at radius 3 is 2.44 bits per heavy atom. The number of guanidine groups is 1. The number of ether oxygens (including phenoxy) is 1. The van der Waals surface area contributed by atoms with Crippen LogP contribution in [0.1, 0.15) is 31.2 Å². The SMILES string of the molecule is CN=C(NCC(=O)NCCOC)NCC1(c2ccc(Br)cc2)CCCC1.I. The molecule has 152 valence electrons. The summed E-state index contributed by atoms with van der Waals surface area (Å²) in [5.41, 5.74) is 1.48. The van der Waals surface area contributed by atoms with E-state index in [9.17, 15) is 4.79 Å². The molecule has 0 spiro atoms. The fourth-order valence-electron chi connectivity index (χ4n) is 3.42. The Balaban J connectivity index is 0.00000364. The molecule has 1 saturated carbocycles. The molecule has 0 radical (unpaired) electrons. The molecule has 1 amide bonds. The Bertz CT molecular complexity index is 604. The van der Waals surface area contributed by atoms with Gasteiger partial charge in [-0.3, -0.25) is 9.79 Å². The molecule has 0 unspecified atom stereocenters. The predicted molar refractivity (Wildman–Crippen MR) is 124 cm³/mol. The Kier molecular flexibility index (Phi) is 11.2. The summed E-state index contributed by atoms with van der Waals surface area (Å²) in [6.45, 7) is 2.01. The summed E-state index contributed by atoms with van der Waals surface area (Å²) >= 11 is 3.51. The van der Waals surface area contributed by atoms with Crippen LogP contribution in [0.2, 0.25) is 0 Å². The number of hydrogen-bond acceptors (Lipinski definition) is 3. The van der Waals surface area contributed by atoms with Gasteiger partial charge in [0.25, 0.3) is 0 Å². The molecule has 0 aromatic heterocycles. The molecule has 0 saturated heterocycles. The largest absolute Gasteiger partial charge is 0.383 e. The minimum Gasteiger partial charge on any atom is -0.383 e. The van der Waals surface area contributed by atoms with Crippen molar-refractivity contribution < 1.29 is 9.53 Å². The van der Waals surface area contributed by atoms with Crippen LogP contribution in [0, 0.1) is 0 Å². The molecule has 0 bridgehead atoms. The zero-order chi connectivity index (χ0) is 18.8. The third-order valence-electron chi connectivity index (χ3n) is 4.88. The van der Waals surface area contributed by atoms with Crippen molar-refractivity contribution in [1.29, 1.82) is 0 Å². The van der Waals surface area contributed by atoms with E-state index in [4.69, 9.17) is 4.74 Å². The lowest BCUT2D eigenvalue weighted by Crippen LogP contribution is -2.47. The van der Waals surface area contributed by atoms with Gasteiger partial charge in [0, 0.05) is 37.1 Å². The van der Waals surface area contributed by atoms with Crippen molar-refractivity contribution in [3.05, 3.63) is 34.3 Å². The average molecular weight is 553 g/mol. The van der Waals surface area contributed by atoms with Gasteiger partial charge < -0.3 is 20.7 Å². The lowest BCUT2D eigenvalue weighted by atomic mass is 9.79. The summed E-state index contributed by atoms with van der Waals surface area (Å²) in [5.74, 6) is 0.573. The Morgan fingerprint density at radius 1 is 1.19 bits per heavy atom. The maximum atomic E-state index is 11.8. The third-order valence-corrected chi connectivity index (χ3v) is 5.41. The van der Waals surface area contributed by atoms with Crippen LogP contribution in [-0.2, 0) is 14.9 Å². The van der Waals surface area contributed by atoms with Gasteiger partial charge in [-0.25, -0.2) is 0 Å². The number of benzene rings is 1. The summed E-state index contributed by atoms with van der Waals surface area (Å²) in [7, 11) is 3.33. The number of hydrogen-bond donors (Lipinski definition) is 3. The molecule has 1 aliphatic rings. The van der Waals surface area contributed by atoms with Crippen molar-refractivity contribution >= 4 is 51.8 Å². The van der Waals surface area contributed by atoms with Crippen molar-refractivity contribution in [2.75, 3.05) is 40.4 Å². The smallest absolute Gasteiger partial charge is 0.239 e. The van der Waals surface area contributed by atoms with Crippen LogP contribution in [-0.4, -0.2) is 52.3 Å². The van der Waals surface area contributed by atoms with E-state index >= 15 is 0 Å². The first-order chi connectivity index (χ1) is 12.6. The molecular formula is C19H30BrIN4O2. The topological polar surface area (TPSA) is 74.8 Å². The van der Waals surface area contributed by atoms with Gasteiger partial charge in [-0.05, 0) is 30.5 Å². The first kappa shape index (κ1) is 24.2. The molecule has 2 rings (SSSR count). The normalized spacial score (nSPS) is 15.7. The maximum absolute atomic E-state index is 11.8. The van der Waals surface area contributed by atoms with Gasteiger partial charge in [-0.15, -0.1) is 24.0 Å². The minimum atomic E-state index is -0.0755. The minimum absolute atomic E-state index is 0. The first-order valence-corrected chi connectivity index (χ1v) is 9.85. The van der Waals surface area contributed by atoms with Gasteiger partial charge >= 0.3 is 0 Å². The van der Waals surface area contributed by atoms with Gasteiger partial charge in [0.15, 0.2) is 5.96 Å². The Morgan fingerprint density at radius 2 is 1.85 bits per heavy atom. The highest BCUT2D eigenvalue weighted by atomic mass is 127. The van der Waals surface area contributed by atoms with E-state index < -0.39 is 0 Å². The number of carbonyl (C=O) groups excluding carboxylic acids is 1. The van der Waals surface area contributed by atoms with Crippen molar-refractivity contribution in [3.8, 4) is 0 Å². The highest BCUT2D eigenvalue weighted by Crippen LogP contribution is 2.40. The fraction of sp³-hybridized carbons (Fsp3) is 0.579. The van der Waals surface area contributed by atoms with Crippen molar-refractivity contribution in [3.63, 3.8) is 0 Å². The molecule has 0 heterocycles. The van der Waals surface area contributed by atoms with Crippen LogP contribution in [0.3, 0.4) is 0 Å². The lowest BCUT2D eigenvalue weighted by Gasteiger charge is -2.31. The Labute approximate surface area is 187 Å². The van der Waals surface area contributed by atoms with Crippen molar-refractivity contribution in [1.82, 2.24) is 16.0 Å². The second-order valence-electron chi connectivity index (χ2n) is 6.62. The number of nitrogens with one attached hydrogen (secondary N) is 3. The molecule has 1 aliphatic carbocycles. The number of aliphatic imine (C=N–C) groups is 1. The van der Waals surface area contributed by atoms with Crippen molar-refractivity contribution in [2.45, 2.75) is 31.1 Å². The molecule has 8 heteroatoms. The number of rotatable bonds is 8. The fourth-order valence-corrected chi connectivity index (χ4v) is 3.68. The van der Waals surface area contributed by atoms with Gasteiger partial charge in [0.05, 0.1) is 13.2 Å². The first-order valence-electron chi connectivity index (χ1n) is 9.06. The lowest BCUT2D eigenvalue weighted by molar-refractivity contribution is -0.120. The number of carbonyl (C=O) groups is 1. The monoisotopic (exact) mass is 552 g/mol. The molecule has 6 nitrogen and oxygen atoms in total. The second-order valence-corrected chi connectivity index (χ2v) is 7.53. The van der Waals surface area contributed by atoms with E-state index in [2.05, 4.69) is 61.1 Å². The quantitative estimate of drug-likeness (QED) is 0.201. The van der Waals surface area contributed by atoms with E-state index in [1.165, 1.54) is 18.4 Å². The highest BCUT2D eigenvalue weighted by Gasteiger charge is 2.35.